The predicted molar refractivity (Wildman–Crippen MR) is 219 cm³/mol. The Morgan fingerprint density at radius 2 is 1.57 bits per heavy atom. The molecule has 0 radical (unpaired) electrons. The van der Waals surface area contributed by atoms with E-state index in [-0.39, 0.29) is 35.3 Å². The van der Waals surface area contributed by atoms with E-state index in [9.17, 15) is 18.0 Å². The number of nitrogens with zero attached hydrogens (tertiary/aromatic N) is 8. The second kappa shape index (κ2) is 16.7. The van der Waals surface area contributed by atoms with Crippen molar-refractivity contribution in [2.45, 2.75) is 50.2 Å². The van der Waals surface area contributed by atoms with Crippen LogP contribution < -0.4 is 20.3 Å². The van der Waals surface area contributed by atoms with Crippen molar-refractivity contribution in [3.63, 3.8) is 0 Å². The van der Waals surface area contributed by atoms with Crippen LogP contribution in [0.3, 0.4) is 0 Å². The maximum atomic E-state index is 16.2. The zero-order chi connectivity index (χ0) is 40.4. The van der Waals surface area contributed by atoms with Crippen molar-refractivity contribution < 1.29 is 22.4 Å². The van der Waals surface area contributed by atoms with Gasteiger partial charge in [0.1, 0.15) is 28.4 Å². The maximum absolute atomic E-state index is 16.2. The molecule has 3 fully saturated rings. The van der Waals surface area contributed by atoms with Gasteiger partial charge in [-0.05, 0) is 67.5 Å². The highest BCUT2D eigenvalue weighted by Gasteiger charge is 2.30. The average molecular weight is 807 g/mol. The standard InChI is InChI=1S/C42H47FN10O4S/c1-2-36(58(44,56)57)34-5-3-4-33(40(34)43)35-27-53(49-41(35)29-12-16-45-17-13-29)31-7-10-38(47-25-31)52-22-20-50(21-23-52)26-28-14-18-51(19-15-28)37-9-6-30(24-46-37)32-8-11-39(54)48-42(32)55/h3-7,9-10,12-13,16-17,24-25,27-28,32,36H,2,8,11,14-15,18-23,26H2,1H3,(H2,44,56,57)(H,48,54,55). The topological polar surface area (TPSA) is 173 Å². The number of nitrogens with two attached hydrogens (primary N) is 1. The highest BCUT2D eigenvalue weighted by atomic mass is 32.2. The minimum absolute atomic E-state index is 0.0256. The number of piperidine rings is 2. The fraction of sp³-hybridized carbons (Fsp3) is 0.381. The summed E-state index contributed by atoms with van der Waals surface area (Å²) in [6.45, 7) is 8.21. The number of imide groups is 1. The van der Waals surface area contributed by atoms with Crippen LogP contribution in [0.5, 0.6) is 0 Å². The second-order valence-electron chi connectivity index (χ2n) is 15.3. The molecule has 0 bridgehead atoms. The van der Waals surface area contributed by atoms with Crippen molar-refractivity contribution >= 4 is 33.5 Å². The zero-order valence-corrected chi connectivity index (χ0v) is 33.2. The highest BCUT2D eigenvalue weighted by Crippen LogP contribution is 2.37. The summed E-state index contributed by atoms with van der Waals surface area (Å²) in [4.78, 5) is 44.6. The number of carbonyl (C=O) groups excluding carboxylic acids is 2. The molecule has 0 spiro atoms. The molecule has 302 valence electrons. The average Bonchev–Trinajstić information content (AvgIpc) is 3.68. The lowest BCUT2D eigenvalue weighted by molar-refractivity contribution is -0.134. The smallest absolute Gasteiger partial charge is 0.234 e. The van der Waals surface area contributed by atoms with Crippen molar-refractivity contribution in [1.29, 1.82) is 0 Å². The van der Waals surface area contributed by atoms with Crippen molar-refractivity contribution in [3.8, 4) is 28.1 Å². The lowest BCUT2D eigenvalue weighted by Crippen LogP contribution is -2.49. The first-order valence-corrected chi connectivity index (χ1v) is 21.5. The molecule has 5 aromatic rings. The Hall–Kier alpha value is -5.58. The Balaban J connectivity index is 0.883. The Bertz CT molecular complexity index is 2360. The van der Waals surface area contributed by atoms with Crippen molar-refractivity contribution in [3.05, 3.63) is 103 Å². The Morgan fingerprint density at radius 1 is 0.862 bits per heavy atom. The molecular weight excluding hydrogens is 760 g/mol. The number of nitrogens with one attached hydrogen (secondary N) is 1. The van der Waals surface area contributed by atoms with Gasteiger partial charge in [0.15, 0.2) is 0 Å². The van der Waals surface area contributed by atoms with Gasteiger partial charge in [-0.2, -0.15) is 5.10 Å². The van der Waals surface area contributed by atoms with Gasteiger partial charge < -0.3 is 9.80 Å². The summed E-state index contributed by atoms with van der Waals surface area (Å²) in [5.41, 5.74) is 3.55. The van der Waals surface area contributed by atoms with E-state index in [2.05, 4.69) is 30.0 Å². The normalized spacial score (nSPS) is 19.0. The molecule has 3 aliphatic heterocycles. The van der Waals surface area contributed by atoms with Crippen LogP contribution in [0.2, 0.25) is 0 Å². The summed E-state index contributed by atoms with van der Waals surface area (Å²) in [5.74, 6) is 0.986. The Morgan fingerprint density at radius 3 is 2.21 bits per heavy atom. The Kier molecular flexibility index (Phi) is 11.3. The number of pyridine rings is 3. The van der Waals surface area contributed by atoms with Gasteiger partial charge >= 0.3 is 0 Å². The van der Waals surface area contributed by atoms with Crippen LogP contribution in [0.4, 0.5) is 16.0 Å². The van der Waals surface area contributed by atoms with Crippen LogP contribution in [-0.2, 0) is 19.6 Å². The van der Waals surface area contributed by atoms with Crippen molar-refractivity contribution in [2.24, 2.45) is 11.1 Å². The van der Waals surface area contributed by atoms with Crippen LogP contribution in [0.15, 0.2) is 85.6 Å². The summed E-state index contributed by atoms with van der Waals surface area (Å²) >= 11 is 0. The van der Waals surface area contributed by atoms with E-state index in [1.807, 2.05) is 24.3 Å². The Labute approximate surface area is 337 Å². The lowest BCUT2D eigenvalue weighted by Gasteiger charge is -2.39. The molecule has 16 heteroatoms. The number of sulfonamides is 1. The summed E-state index contributed by atoms with van der Waals surface area (Å²) in [5, 5.41) is 11.6. The summed E-state index contributed by atoms with van der Waals surface area (Å²) in [7, 11) is -4.03. The van der Waals surface area contributed by atoms with E-state index in [4.69, 9.17) is 15.2 Å². The van der Waals surface area contributed by atoms with Crippen LogP contribution in [-0.4, -0.2) is 95.7 Å². The van der Waals surface area contributed by atoms with Crippen molar-refractivity contribution in [1.82, 2.24) is 34.9 Å². The molecule has 2 unspecified atom stereocenters. The molecule has 0 aliphatic carbocycles. The van der Waals surface area contributed by atoms with Crippen LogP contribution in [0.1, 0.15) is 61.3 Å². The minimum Gasteiger partial charge on any atom is -0.357 e. The highest BCUT2D eigenvalue weighted by molar-refractivity contribution is 7.89. The number of rotatable bonds is 11. The van der Waals surface area contributed by atoms with E-state index in [0.29, 0.717) is 35.7 Å². The van der Waals surface area contributed by atoms with Gasteiger partial charge in [0, 0.05) is 99.3 Å². The number of hydrogen-bond donors (Lipinski definition) is 2. The molecule has 3 aliphatic rings. The molecule has 4 aromatic heterocycles. The fourth-order valence-electron chi connectivity index (χ4n) is 8.43. The number of piperazine rings is 1. The minimum atomic E-state index is -4.03. The molecule has 14 nitrogen and oxygen atoms in total. The monoisotopic (exact) mass is 806 g/mol. The van der Waals surface area contributed by atoms with Gasteiger partial charge in [0.25, 0.3) is 0 Å². The predicted octanol–water partition coefficient (Wildman–Crippen LogP) is 4.83. The first-order chi connectivity index (χ1) is 28.1. The largest absolute Gasteiger partial charge is 0.357 e. The second-order valence-corrected chi connectivity index (χ2v) is 17.1. The van der Waals surface area contributed by atoms with E-state index < -0.39 is 21.1 Å². The molecule has 1 aromatic carbocycles. The third-order valence-electron chi connectivity index (χ3n) is 11.7. The van der Waals surface area contributed by atoms with Gasteiger partial charge in [0.2, 0.25) is 21.8 Å². The summed E-state index contributed by atoms with van der Waals surface area (Å²) in [6, 6.07) is 16.2. The zero-order valence-electron chi connectivity index (χ0n) is 32.4. The van der Waals surface area contributed by atoms with Gasteiger partial charge in [-0.3, -0.25) is 24.8 Å². The van der Waals surface area contributed by atoms with Crippen molar-refractivity contribution in [2.75, 3.05) is 55.6 Å². The van der Waals surface area contributed by atoms with E-state index in [1.165, 1.54) is 6.07 Å². The number of aromatic nitrogens is 5. The van der Waals surface area contributed by atoms with Crippen LogP contribution >= 0.6 is 0 Å². The summed E-state index contributed by atoms with van der Waals surface area (Å²) in [6.07, 6.45) is 11.8. The number of halogens is 1. The van der Waals surface area contributed by atoms with E-state index in [1.54, 1.807) is 66.9 Å². The van der Waals surface area contributed by atoms with E-state index >= 15 is 4.39 Å². The molecule has 2 atom stereocenters. The van der Waals surface area contributed by atoms with Gasteiger partial charge in [-0.1, -0.05) is 31.2 Å². The molecule has 0 saturated carbocycles. The third-order valence-corrected chi connectivity index (χ3v) is 13.0. The fourth-order valence-corrected chi connectivity index (χ4v) is 9.44. The number of benzene rings is 1. The third kappa shape index (κ3) is 8.35. The number of primary sulfonamides is 1. The number of carbonyl (C=O) groups is 2. The molecule has 3 N–H and O–H groups in total. The quantitative estimate of drug-likeness (QED) is 0.175. The number of hydrogen-bond acceptors (Lipinski definition) is 11. The summed E-state index contributed by atoms with van der Waals surface area (Å²) < 4.78 is 42.5. The first kappa shape index (κ1) is 39.3. The van der Waals surface area contributed by atoms with Crippen LogP contribution in [0.25, 0.3) is 28.1 Å². The lowest BCUT2D eigenvalue weighted by atomic mass is 9.91. The number of amides is 2. The maximum Gasteiger partial charge on any atom is 0.234 e. The SMILES string of the molecule is CCC(c1cccc(-c2cn(-c3ccc(N4CCN(CC5CCN(c6ccc(C7CCC(=O)NC7=O)cn6)CC5)CC4)nc3)nc2-c2ccncc2)c1F)S(N)(=O)=O. The molecule has 7 heterocycles. The molecule has 58 heavy (non-hydrogen) atoms. The van der Waals surface area contributed by atoms with Crippen LogP contribution in [0, 0.1) is 11.7 Å². The first-order valence-electron chi connectivity index (χ1n) is 19.8. The van der Waals surface area contributed by atoms with Gasteiger partial charge in [0.05, 0.1) is 17.8 Å². The molecule has 2 amide bonds. The number of anilines is 2. The van der Waals surface area contributed by atoms with Gasteiger partial charge in [-0.25, -0.2) is 32.6 Å². The molecular formula is C42H47FN10O4S. The van der Waals surface area contributed by atoms with E-state index in [0.717, 1.165) is 81.4 Å². The molecule has 3 saturated heterocycles. The van der Waals surface area contributed by atoms with Gasteiger partial charge in [-0.15, -0.1) is 0 Å². The molecule has 8 rings (SSSR count).